The van der Waals surface area contributed by atoms with Crippen LogP contribution in [0, 0.1) is 11.3 Å². The van der Waals surface area contributed by atoms with Gasteiger partial charge in [-0.2, -0.15) is 5.26 Å². The molecule has 0 saturated heterocycles. The lowest BCUT2D eigenvalue weighted by molar-refractivity contribution is 0.685. The van der Waals surface area contributed by atoms with Gasteiger partial charge in [0, 0.05) is 10.7 Å². The second kappa shape index (κ2) is 4.26. The van der Waals surface area contributed by atoms with Crippen LogP contribution in [-0.4, -0.2) is 9.96 Å². The lowest BCUT2D eigenvalue weighted by Gasteiger charge is -2.02. The summed E-state index contributed by atoms with van der Waals surface area (Å²) >= 11 is 5.65. The van der Waals surface area contributed by atoms with Gasteiger partial charge in [0.15, 0.2) is 0 Å². The lowest BCUT2D eigenvalue weighted by Crippen LogP contribution is -2.00. The van der Waals surface area contributed by atoms with Gasteiger partial charge in [-0.15, -0.1) is 0 Å². The molecule has 0 aromatic heterocycles. The first-order chi connectivity index (χ1) is 6.15. The molecule has 0 radical (unpaired) electrons. The fourth-order valence-corrected chi connectivity index (χ4v) is 1.86. The van der Waals surface area contributed by atoms with Gasteiger partial charge in [-0.05, 0) is 18.2 Å². The zero-order chi connectivity index (χ0) is 9.84. The first-order valence-electron chi connectivity index (χ1n) is 3.45. The van der Waals surface area contributed by atoms with Gasteiger partial charge in [0.25, 0.3) is 0 Å². The molecule has 0 spiro atoms. The third-order valence-electron chi connectivity index (χ3n) is 1.41. The quantitative estimate of drug-likeness (QED) is 0.760. The summed E-state index contributed by atoms with van der Waals surface area (Å²) in [5, 5.41) is 8.83. The second-order valence-electron chi connectivity index (χ2n) is 2.33. The van der Waals surface area contributed by atoms with E-state index in [4.69, 9.17) is 22.6 Å². The molecule has 1 unspecified atom stereocenters. The average molecular weight is 215 g/mol. The summed E-state index contributed by atoms with van der Waals surface area (Å²) in [7, 11) is -1.35. The normalized spacial score (nSPS) is 12.0. The molecule has 2 N–H and O–H groups in total. The number of rotatable bonds is 2. The number of halogens is 1. The number of nitrogens with two attached hydrogens (primary N) is 1. The molecule has 1 aromatic rings. The second-order valence-corrected chi connectivity index (χ2v) is 4.19. The Morgan fingerprint density at radius 2 is 2.31 bits per heavy atom. The van der Waals surface area contributed by atoms with Crippen LogP contribution in [-0.2, 0) is 10.8 Å². The number of hydrogen-bond acceptors (Lipinski definition) is 3. The van der Waals surface area contributed by atoms with E-state index in [1.807, 2.05) is 6.07 Å². The van der Waals surface area contributed by atoms with Crippen molar-refractivity contribution in [3.05, 3.63) is 23.2 Å². The fourth-order valence-electron chi connectivity index (χ4n) is 0.863. The highest BCUT2D eigenvalue weighted by molar-refractivity contribution is 7.85. The van der Waals surface area contributed by atoms with Gasteiger partial charge < -0.3 is 5.73 Å². The van der Waals surface area contributed by atoms with Crippen molar-refractivity contribution in [1.29, 1.82) is 5.26 Å². The van der Waals surface area contributed by atoms with E-state index in [1.54, 1.807) is 12.1 Å². The zero-order valence-electron chi connectivity index (χ0n) is 6.66. The smallest absolute Gasteiger partial charge is 0.115 e. The molecule has 13 heavy (non-hydrogen) atoms. The first-order valence-corrected chi connectivity index (χ1v) is 5.15. The minimum Gasteiger partial charge on any atom is -0.398 e. The predicted molar refractivity (Wildman–Crippen MR) is 52.8 cm³/mol. The van der Waals surface area contributed by atoms with E-state index in [1.165, 1.54) is 6.07 Å². The molecule has 1 atom stereocenters. The average Bonchev–Trinajstić information content (AvgIpc) is 2.04. The predicted octanol–water partition coefficient (Wildman–Crippen LogP) is 1.55. The molecular formula is C8H7ClN2OS. The molecule has 1 aromatic carbocycles. The maximum absolute atomic E-state index is 11.3. The van der Waals surface area contributed by atoms with Crippen LogP contribution in [0.2, 0.25) is 5.02 Å². The highest BCUT2D eigenvalue weighted by Gasteiger charge is 2.07. The van der Waals surface area contributed by atoms with Gasteiger partial charge in [-0.25, -0.2) is 0 Å². The minimum atomic E-state index is -1.35. The molecular weight excluding hydrogens is 208 g/mol. The Morgan fingerprint density at radius 3 is 2.85 bits per heavy atom. The Morgan fingerprint density at radius 1 is 1.62 bits per heavy atom. The first kappa shape index (κ1) is 10.0. The SMILES string of the molecule is N#CCS(=O)c1ccc(Cl)cc1N. The van der Waals surface area contributed by atoms with Crippen molar-refractivity contribution in [2.75, 3.05) is 11.5 Å². The van der Waals surface area contributed by atoms with Gasteiger partial charge in [0.2, 0.25) is 0 Å². The van der Waals surface area contributed by atoms with E-state index >= 15 is 0 Å². The van der Waals surface area contributed by atoms with Crippen LogP contribution < -0.4 is 5.73 Å². The van der Waals surface area contributed by atoms with Crippen LogP contribution in [0.4, 0.5) is 5.69 Å². The van der Waals surface area contributed by atoms with Crippen LogP contribution in [0.15, 0.2) is 23.1 Å². The summed E-state index contributed by atoms with van der Waals surface area (Å²) < 4.78 is 11.3. The number of nitriles is 1. The maximum atomic E-state index is 11.3. The Bertz CT molecular complexity index is 386. The van der Waals surface area contributed by atoms with Crippen molar-refractivity contribution in [1.82, 2.24) is 0 Å². The molecule has 0 bridgehead atoms. The molecule has 5 heteroatoms. The summed E-state index contributed by atoms with van der Waals surface area (Å²) in [4.78, 5) is 0.464. The molecule has 0 aliphatic rings. The monoisotopic (exact) mass is 214 g/mol. The van der Waals surface area contributed by atoms with E-state index in [-0.39, 0.29) is 5.75 Å². The largest absolute Gasteiger partial charge is 0.398 e. The third kappa shape index (κ3) is 2.44. The fraction of sp³-hybridized carbons (Fsp3) is 0.125. The third-order valence-corrected chi connectivity index (χ3v) is 2.90. The summed E-state index contributed by atoms with van der Waals surface area (Å²) in [6.45, 7) is 0. The van der Waals surface area contributed by atoms with E-state index in [2.05, 4.69) is 0 Å². The van der Waals surface area contributed by atoms with Gasteiger partial charge in [-0.1, -0.05) is 11.6 Å². The van der Waals surface area contributed by atoms with Crippen molar-refractivity contribution >= 4 is 28.1 Å². The molecule has 0 aliphatic carbocycles. The van der Waals surface area contributed by atoms with E-state index in [0.29, 0.717) is 15.6 Å². The molecule has 0 amide bonds. The summed E-state index contributed by atoms with van der Waals surface area (Å²) in [5.41, 5.74) is 5.93. The standard InChI is InChI=1S/C8H7ClN2OS/c9-6-1-2-8(7(11)5-6)13(12)4-3-10/h1-2,5H,4,11H2. The molecule has 68 valence electrons. The molecule has 3 nitrogen and oxygen atoms in total. The summed E-state index contributed by atoms with van der Waals surface area (Å²) in [5.74, 6) is -0.0498. The van der Waals surface area contributed by atoms with Crippen LogP contribution >= 0.6 is 11.6 Å². The van der Waals surface area contributed by atoms with Crippen LogP contribution in [0.3, 0.4) is 0 Å². The number of benzene rings is 1. The summed E-state index contributed by atoms with van der Waals surface area (Å²) in [6.07, 6.45) is 0. The van der Waals surface area contributed by atoms with Crippen LogP contribution in [0.25, 0.3) is 0 Å². The van der Waals surface area contributed by atoms with Crippen molar-refractivity contribution in [2.45, 2.75) is 4.90 Å². The Balaban J connectivity index is 3.03. The van der Waals surface area contributed by atoms with Gasteiger partial charge in [0.1, 0.15) is 5.75 Å². The molecule has 0 fully saturated rings. The number of anilines is 1. The minimum absolute atomic E-state index is 0.0498. The molecule has 0 aliphatic heterocycles. The topological polar surface area (TPSA) is 66.9 Å². The Hall–Kier alpha value is -1.05. The van der Waals surface area contributed by atoms with Crippen LogP contribution in [0.1, 0.15) is 0 Å². The van der Waals surface area contributed by atoms with Gasteiger partial charge >= 0.3 is 0 Å². The number of nitrogen functional groups attached to an aromatic ring is 1. The van der Waals surface area contributed by atoms with Crippen LogP contribution in [0.5, 0.6) is 0 Å². The Labute approximate surface area is 83.6 Å². The van der Waals surface area contributed by atoms with E-state index in [0.717, 1.165) is 0 Å². The highest BCUT2D eigenvalue weighted by Crippen LogP contribution is 2.20. The van der Waals surface area contributed by atoms with Gasteiger partial charge in [0.05, 0.1) is 21.8 Å². The van der Waals surface area contributed by atoms with Crippen molar-refractivity contribution in [2.24, 2.45) is 0 Å². The molecule has 0 saturated carbocycles. The summed E-state index contributed by atoms with van der Waals surface area (Å²) in [6, 6.07) is 6.51. The maximum Gasteiger partial charge on any atom is 0.115 e. The van der Waals surface area contributed by atoms with E-state index in [9.17, 15) is 4.21 Å². The highest BCUT2D eigenvalue weighted by atomic mass is 35.5. The number of nitrogens with zero attached hydrogens (tertiary/aromatic N) is 1. The number of hydrogen-bond donors (Lipinski definition) is 1. The Kier molecular flexibility index (Phi) is 3.29. The lowest BCUT2D eigenvalue weighted by atomic mass is 10.3. The molecule has 1 rings (SSSR count). The van der Waals surface area contributed by atoms with Crippen molar-refractivity contribution < 1.29 is 4.21 Å². The molecule has 0 heterocycles. The van der Waals surface area contributed by atoms with Gasteiger partial charge in [-0.3, -0.25) is 4.21 Å². The van der Waals surface area contributed by atoms with E-state index < -0.39 is 10.8 Å². The zero-order valence-corrected chi connectivity index (χ0v) is 8.23. The van der Waals surface area contributed by atoms with Crippen molar-refractivity contribution in [3.8, 4) is 6.07 Å². The van der Waals surface area contributed by atoms with Crippen molar-refractivity contribution in [3.63, 3.8) is 0 Å².